The molecule has 0 spiro atoms. The molecule has 0 aromatic rings. The second-order valence-corrected chi connectivity index (χ2v) is 15.0. The van der Waals surface area contributed by atoms with Gasteiger partial charge in [-0.05, 0) is 83.1 Å². The first-order valence-electron chi connectivity index (χ1n) is 18.7. The molecule has 2 aliphatic heterocycles. The van der Waals surface area contributed by atoms with Crippen molar-refractivity contribution in [1.29, 1.82) is 0 Å². The molecule has 18 nitrogen and oxygen atoms in total. The molecule has 302 valence electrons. The van der Waals surface area contributed by atoms with Gasteiger partial charge in [0, 0.05) is 13.1 Å². The molecule has 0 saturated carbocycles. The van der Waals surface area contributed by atoms with Crippen LogP contribution in [0.4, 0.5) is 0 Å². The minimum atomic E-state index is -1.58. The third-order valence-electron chi connectivity index (χ3n) is 9.48. The summed E-state index contributed by atoms with van der Waals surface area (Å²) >= 11 is 0. The summed E-state index contributed by atoms with van der Waals surface area (Å²) in [5.41, 5.74) is 11.8. The molecule has 2 rings (SSSR count). The molecule has 11 N–H and O–H groups in total. The van der Waals surface area contributed by atoms with Crippen molar-refractivity contribution in [3.63, 3.8) is 0 Å². The van der Waals surface area contributed by atoms with Crippen LogP contribution in [-0.4, -0.2) is 141 Å². The summed E-state index contributed by atoms with van der Waals surface area (Å²) in [4.78, 5) is 94.8. The molecule has 0 aliphatic carbocycles. The normalized spacial score (nSPS) is 20.7. The van der Waals surface area contributed by atoms with E-state index in [1.807, 2.05) is 27.7 Å². The summed E-state index contributed by atoms with van der Waals surface area (Å²) in [6, 6.07) is -8.04. The Kier molecular flexibility index (Phi) is 18.6. The Labute approximate surface area is 311 Å². The zero-order valence-corrected chi connectivity index (χ0v) is 31.7. The number of nitrogens with two attached hydrogens (primary N) is 2. The van der Waals surface area contributed by atoms with Crippen molar-refractivity contribution in [3.05, 3.63) is 0 Å². The maximum atomic E-state index is 13.9. The van der Waals surface area contributed by atoms with Crippen molar-refractivity contribution in [3.8, 4) is 0 Å². The Balaban J connectivity index is 2.21. The molecule has 0 unspecified atom stereocenters. The number of carbonyl (C=O) groups is 7. The van der Waals surface area contributed by atoms with E-state index in [1.165, 1.54) is 16.7 Å². The summed E-state index contributed by atoms with van der Waals surface area (Å²) in [5, 5.41) is 39.5. The lowest BCUT2D eigenvalue weighted by Gasteiger charge is -2.31. The Morgan fingerprint density at radius 1 is 0.717 bits per heavy atom. The van der Waals surface area contributed by atoms with Gasteiger partial charge in [-0.15, -0.1) is 0 Å². The number of aliphatic carboxylic acids is 1. The van der Waals surface area contributed by atoms with Gasteiger partial charge in [0.05, 0.1) is 18.8 Å². The molecule has 2 aliphatic rings. The standard InChI is InChI=1S/C35H62N8O10/c1-19(2)16-22(37)33(50)42-14-8-11-26(42)31(48)40-25(18-44)30(47)38-23(10-6-7-13-36)29(46)39-24(17-20(3)4)34(51)43-15-9-12-27(43)32(49)41-28(21(5)45)35(52)53/h19-28,44-45H,6-18,36-37H2,1-5H3,(H,38,47)(H,39,46)(H,40,48)(H,41,49)(H,52,53)/t21-,22+,23+,24+,25+,26+,27+,28+/m1/s1. The maximum absolute atomic E-state index is 13.9. The number of rotatable bonds is 21. The fourth-order valence-electron chi connectivity index (χ4n) is 6.73. The lowest BCUT2D eigenvalue weighted by Crippen LogP contribution is -2.60. The molecular weight excluding hydrogens is 692 g/mol. The van der Waals surface area contributed by atoms with Gasteiger partial charge in [-0.25, -0.2) is 4.79 Å². The highest BCUT2D eigenvalue weighted by atomic mass is 16.4. The van der Waals surface area contributed by atoms with E-state index in [0.717, 1.165) is 0 Å². The minimum Gasteiger partial charge on any atom is -0.480 e. The third-order valence-corrected chi connectivity index (χ3v) is 9.48. The molecule has 2 saturated heterocycles. The summed E-state index contributed by atoms with van der Waals surface area (Å²) in [7, 11) is 0. The smallest absolute Gasteiger partial charge is 0.328 e. The Morgan fingerprint density at radius 3 is 1.72 bits per heavy atom. The molecule has 6 amide bonds. The third kappa shape index (κ3) is 13.5. The van der Waals surface area contributed by atoms with Crippen LogP contribution in [-0.2, 0) is 33.6 Å². The van der Waals surface area contributed by atoms with Crippen LogP contribution in [0.5, 0.6) is 0 Å². The van der Waals surface area contributed by atoms with Crippen LogP contribution in [0.25, 0.3) is 0 Å². The topological polar surface area (TPSA) is 287 Å². The van der Waals surface area contributed by atoms with Gasteiger partial charge >= 0.3 is 5.97 Å². The maximum Gasteiger partial charge on any atom is 0.328 e. The number of amides is 6. The number of carbonyl (C=O) groups excluding carboxylic acids is 6. The minimum absolute atomic E-state index is 0.0908. The zero-order chi connectivity index (χ0) is 40.0. The van der Waals surface area contributed by atoms with E-state index in [4.69, 9.17) is 11.5 Å². The van der Waals surface area contributed by atoms with E-state index >= 15 is 0 Å². The van der Waals surface area contributed by atoms with Crippen molar-refractivity contribution in [1.82, 2.24) is 31.1 Å². The summed E-state index contributed by atoms with van der Waals surface area (Å²) in [6.45, 7) is 8.79. The number of nitrogens with one attached hydrogen (secondary N) is 4. The Hall–Kier alpha value is -3.87. The molecular formula is C35H62N8O10. The summed E-state index contributed by atoms with van der Waals surface area (Å²) in [6.07, 6.45) is 1.89. The molecule has 2 heterocycles. The predicted octanol–water partition coefficient (Wildman–Crippen LogP) is -2.09. The molecule has 8 atom stereocenters. The highest BCUT2D eigenvalue weighted by Crippen LogP contribution is 2.22. The molecule has 18 heteroatoms. The van der Waals surface area contributed by atoms with Crippen LogP contribution in [0, 0.1) is 11.8 Å². The van der Waals surface area contributed by atoms with Crippen LogP contribution in [0.2, 0.25) is 0 Å². The van der Waals surface area contributed by atoms with E-state index in [0.29, 0.717) is 51.6 Å². The molecule has 0 aromatic heterocycles. The average molecular weight is 755 g/mol. The molecule has 0 radical (unpaired) electrons. The SMILES string of the molecule is CC(C)C[C@H](NC(=O)[C@H](CCCCN)NC(=O)[C@H](CO)NC(=O)[C@@H]1CCCN1C(=O)[C@@H](N)CC(C)C)C(=O)N1CCC[C@H]1C(=O)N[C@H](C(=O)O)[C@@H](C)O. The average Bonchev–Trinajstić information content (AvgIpc) is 3.78. The van der Waals surface area contributed by atoms with Crippen LogP contribution in [0.15, 0.2) is 0 Å². The second kappa shape index (κ2) is 21.7. The first-order valence-corrected chi connectivity index (χ1v) is 18.7. The van der Waals surface area contributed by atoms with Crippen LogP contribution < -0.4 is 32.7 Å². The van der Waals surface area contributed by atoms with E-state index in [9.17, 15) is 48.9 Å². The van der Waals surface area contributed by atoms with Gasteiger partial charge in [0.1, 0.15) is 30.2 Å². The Bertz CT molecular complexity index is 1280. The largest absolute Gasteiger partial charge is 0.480 e. The van der Waals surface area contributed by atoms with Crippen LogP contribution in [0.1, 0.15) is 92.4 Å². The van der Waals surface area contributed by atoms with Gasteiger partial charge < -0.3 is 57.9 Å². The van der Waals surface area contributed by atoms with Gasteiger partial charge in [0.15, 0.2) is 6.04 Å². The van der Waals surface area contributed by atoms with Gasteiger partial charge in [-0.2, -0.15) is 0 Å². The molecule has 2 fully saturated rings. The van der Waals surface area contributed by atoms with Crippen LogP contribution >= 0.6 is 0 Å². The summed E-state index contributed by atoms with van der Waals surface area (Å²) in [5.74, 6) is -5.23. The number of unbranched alkanes of at least 4 members (excludes halogenated alkanes) is 1. The first kappa shape index (κ1) is 45.3. The Morgan fingerprint density at radius 2 is 1.23 bits per heavy atom. The number of hydrogen-bond acceptors (Lipinski definition) is 11. The molecule has 53 heavy (non-hydrogen) atoms. The quantitative estimate of drug-likeness (QED) is 0.0571. The molecule has 0 aromatic carbocycles. The fraction of sp³-hybridized carbons (Fsp3) is 0.800. The monoisotopic (exact) mass is 754 g/mol. The second-order valence-electron chi connectivity index (χ2n) is 15.0. The van der Waals surface area contributed by atoms with Crippen molar-refractivity contribution in [2.24, 2.45) is 23.3 Å². The lowest BCUT2D eigenvalue weighted by atomic mass is 10.0. The highest BCUT2D eigenvalue weighted by Gasteiger charge is 2.41. The first-order chi connectivity index (χ1) is 24.9. The molecule has 0 bridgehead atoms. The number of nitrogens with zero attached hydrogens (tertiary/aromatic N) is 2. The summed E-state index contributed by atoms with van der Waals surface area (Å²) < 4.78 is 0. The number of carboxylic acids is 1. The van der Waals surface area contributed by atoms with Gasteiger partial charge in [0.25, 0.3) is 0 Å². The van der Waals surface area contributed by atoms with Gasteiger partial charge in [-0.3, -0.25) is 28.8 Å². The van der Waals surface area contributed by atoms with Gasteiger partial charge in [-0.1, -0.05) is 27.7 Å². The lowest BCUT2D eigenvalue weighted by molar-refractivity contribution is -0.147. The number of hydrogen-bond donors (Lipinski definition) is 9. The van der Waals surface area contributed by atoms with Crippen molar-refractivity contribution < 1.29 is 48.9 Å². The van der Waals surface area contributed by atoms with Crippen molar-refractivity contribution in [2.45, 2.75) is 141 Å². The van der Waals surface area contributed by atoms with E-state index in [2.05, 4.69) is 21.3 Å². The highest BCUT2D eigenvalue weighted by molar-refractivity contribution is 5.97. The number of carboxylic acid groups (broad SMARTS) is 1. The fourth-order valence-corrected chi connectivity index (χ4v) is 6.73. The van der Waals surface area contributed by atoms with Crippen molar-refractivity contribution in [2.75, 3.05) is 26.2 Å². The number of aliphatic hydroxyl groups is 2. The zero-order valence-electron chi connectivity index (χ0n) is 31.7. The van der Waals surface area contributed by atoms with Gasteiger partial charge in [0.2, 0.25) is 35.4 Å². The van der Waals surface area contributed by atoms with E-state index in [-0.39, 0.29) is 43.6 Å². The van der Waals surface area contributed by atoms with Crippen molar-refractivity contribution >= 4 is 41.4 Å². The van der Waals surface area contributed by atoms with E-state index < -0.39 is 90.5 Å². The van der Waals surface area contributed by atoms with E-state index in [1.54, 1.807) is 0 Å². The number of likely N-dealkylation sites (tertiary alicyclic amines) is 2. The predicted molar refractivity (Wildman–Crippen MR) is 193 cm³/mol. The van der Waals surface area contributed by atoms with Crippen LogP contribution in [0.3, 0.4) is 0 Å². The number of aliphatic hydroxyl groups excluding tert-OH is 2.